The van der Waals surface area contributed by atoms with Gasteiger partial charge in [-0.25, -0.2) is 0 Å². The molecule has 2 atom stereocenters. The molecule has 1 fully saturated rings. The van der Waals surface area contributed by atoms with Crippen LogP contribution < -0.4 is 5.32 Å². The zero-order valence-corrected chi connectivity index (χ0v) is 11.7. The number of halogens is 1. The van der Waals surface area contributed by atoms with Gasteiger partial charge in [-0.3, -0.25) is 10.1 Å². The third-order valence-corrected chi connectivity index (χ3v) is 4.04. The Labute approximate surface area is 117 Å². The Hall–Kier alpha value is -1.17. The fraction of sp³-hybridized carbons (Fsp3) is 0.538. The Morgan fingerprint density at radius 2 is 2.37 bits per heavy atom. The minimum absolute atomic E-state index is 0.0886. The van der Waals surface area contributed by atoms with Crippen molar-refractivity contribution in [3.05, 3.63) is 38.9 Å². The van der Waals surface area contributed by atoms with Gasteiger partial charge in [0.05, 0.1) is 11.0 Å². The van der Waals surface area contributed by atoms with Gasteiger partial charge >= 0.3 is 0 Å². The summed E-state index contributed by atoms with van der Waals surface area (Å²) in [7, 11) is 0. The van der Waals surface area contributed by atoms with E-state index in [0.717, 1.165) is 6.42 Å². The normalized spacial score (nSPS) is 26.6. The van der Waals surface area contributed by atoms with E-state index in [2.05, 4.69) is 12.2 Å². The second kappa shape index (κ2) is 5.45. The van der Waals surface area contributed by atoms with E-state index < -0.39 is 0 Å². The van der Waals surface area contributed by atoms with Crippen LogP contribution in [0.15, 0.2) is 18.2 Å². The van der Waals surface area contributed by atoms with Crippen molar-refractivity contribution in [3.8, 4) is 0 Å². The van der Waals surface area contributed by atoms with Gasteiger partial charge in [0.25, 0.3) is 5.69 Å². The molecule has 0 aromatic heterocycles. The molecule has 1 aliphatic rings. The van der Waals surface area contributed by atoms with Crippen molar-refractivity contribution < 1.29 is 9.66 Å². The maximum absolute atomic E-state index is 11.0. The predicted molar refractivity (Wildman–Crippen MR) is 73.4 cm³/mol. The van der Waals surface area contributed by atoms with Gasteiger partial charge < -0.3 is 10.1 Å². The van der Waals surface area contributed by atoms with Crippen LogP contribution in [-0.4, -0.2) is 23.2 Å². The van der Waals surface area contributed by atoms with Crippen LogP contribution in [0.1, 0.15) is 25.8 Å². The van der Waals surface area contributed by atoms with Gasteiger partial charge in [0.2, 0.25) is 0 Å². The standard InChI is InChI=1S/C13H17ClN2O3/c1-9-13(2,5-6-19-9)15-8-10-7-11(14)3-4-12(10)16(17)18/h3-4,7,9,15H,5-6,8H2,1-2H3. The first-order valence-electron chi connectivity index (χ1n) is 6.22. The fourth-order valence-corrected chi connectivity index (χ4v) is 2.43. The summed E-state index contributed by atoms with van der Waals surface area (Å²) in [6.45, 7) is 5.19. The molecule has 1 aromatic carbocycles. The molecule has 0 bridgehead atoms. The molecule has 0 aliphatic carbocycles. The van der Waals surface area contributed by atoms with Crippen molar-refractivity contribution in [1.82, 2.24) is 5.32 Å². The maximum Gasteiger partial charge on any atom is 0.273 e. The first kappa shape index (κ1) is 14.2. The molecule has 1 heterocycles. The largest absolute Gasteiger partial charge is 0.377 e. The molecule has 5 nitrogen and oxygen atoms in total. The summed E-state index contributed by atoms with van der Waals surface area (Å²) in [4.78, 5) is 10.6. The van der Waals surface area contributed by atoms with Crippen molar-refractivity contribution >= 4 is 17.3 Å². The number of hydrogen-bond donors (Lipinski definition) is 1. The van der Waals surface area contributed by atoms with Crippen LogP contribution in [0.4, 0.5) is 5.69 Å². The molecule has 1 aliphatic heterocycles. The van der Waals surface area contributed by atoms with Gasteiger partial charge in [-0.2, -0.15) is 0 Å². The summed E-state index contributed by atoms with van der Waals surface area (Å²) in [6, 6.07) is 4.61. The fourth-order valence-electron chi connectivity index (χ4n) is 2.24. The lowest BCUT2D eigenvalue weighted by atomic mass is 9.94. The van der Waals surface area contributed by atoms with Crippen LogP contribution in [0.3, 0.4) is 0 Å². The molecule has 0 radical (unpaired) electrons. The SMILES string of the molecule is CC1OCCC1(C)NCc1cc(Cl)ccc1[N+](=O)[O-]. The predicted octanol–water partition coefficient (Wildman–Crippen LogP) is 2.91. The molecule has 1 N–H and O–H groups in total. The van der Waals surface area contributed by atoms with E-state index in [0.29, 0.717) is 23.7 Å². The molecule has 19 heavy (non-hydrogen) atoms. The Balaban J connectivity index is 2.15. The van der Waals surface area contributed by atoms with Crippen molar-refractivity contribution in [2.24, 2.45) is 0 Å². The topological polar surface area (TPSA) is 64.4 Å². The highest BCUT2D eigenvalue weighted by molar-refractivity contribution is 6.30. The Bertz CT molecular complexity index is 495. The smallest absolute Gasteiger partial charge is 0.273 e. The van der Waals surface area contributed by atoms with Crippen molar-refractivity contribution in [3.63, 3.8) is 0 Å². The average Bonchev–Trinajstić information content (AvgIpc) is 2.67. The highest BCUT2D eigenvalue weighted by atomic mass is 35.5. The summed E-state index contributed by atoms with van der Waals surface area (Å²) >= 11 is 5.91. The summed E-state index contributed by atoms with van der Waals surface area (Å²) in [6.07, 6.45) is 0.980. The number of rotatable bonds is 4. The van der Waals surface area contributed by atoms with E-state index >= 15 is 0 Å². The number of hydrogen-bond acceptors (Lipinski definition) is 4. The maximum atomic E-state index is 11.0. The number of nitro benzene ring substituents is 1. The van der Waals surface area contributed by atoms with Crippen LogP contribution in [0, 0.1) is 10.1 Å². The molecule has 0 amide bonds. The molecule has 104 valence electrons. The molecule has 0 spiro atoms. The summed E-state index contributed by atoms with van der Waals surface area (Å²) in [5.74, 6) is 0. The molecule has 1 saturated heterocycles. The lowest BCUT2D eigenvalue weighted by molar-refractivity contribution is -0.385. The quantitative estimate of drug-likeness (QED) is 0.682. The minimum atomic E-state index is -0.385. The van der Waals surface area contributed by atoms with Crippen LogP contribution in [0.5, 0.6) is 0 Å². The van der Waals surface area contributed by atoms with E-state index in [9.17, 15) is 10.1 Å². The van der Waals surface area contributed by atoms with Crippen molar-refractivity contribution in [1.29, 1.82) is 0 Å². The summed E-state index contributed by atoms with van der Waals surface area (Å²) < 4.78 is 5.54. The monoisotopic (exact) mass is 284 g/mol. The lowest BCUT2D eigenvalue weighted by Gasteiger charge is -2.29. The van der Waals surface area contributed by atoms with E-state index in [1.54, 1.807) is 6.07 Å². The van der Waals surface area contributed by atoms with Crippen molar-refractivity contribution in [2.45, 2.75) is 38.5 Å². The highest BCUT2D eigenvalue weighted by Crippen LogP contribution is 2.27. The van der Waals surface area contributed by atoms with Gasteiger partial charge in [0.15, 0.2) is 0 Å². The molecule has 2 unspecified atom stereocenters. The molecular weight excluding hydrogens is 268 g/mol. The van der Waals surface area contributed by atoms with Gasteiger partial charge in [0, 0.05) is 35.3 Å². The first-order valence-corrected chi connectivity index (χ1v) is 6.59. The van der Waals surface area contributed by atoms with Gasteiger partial charge in [-0.15, -0.1) is 0 Å². The van der Waals surface area contributed by atoms with Gasteiger partial charge in [0.1, 0.15) is 0 Å². The van der Waals surface area contributed by atoms with E-state index in [4.69, 9.17) is 16.3 Å². The van der Waals surface area contributed by atoms with E-state index in [1.807, 2.05) is 6.92 Å². The third kappa shape index (κ3) is 3.05. The van der Waals surface area contributed by atoms with Crippen LogP contribution in [0.2, 0.25) is 5.02 Å². The number of benzene rings is 1. The molecular formula is C13H17ClN2O3. The molecule has 2 rings (SSSR count). The second-order valence-electron chi connectivity index (χ2n) is 5.06. The first-order chi connectivity index (χ1) is 8.92. The Morgan fingerprint density at radius 3 is 2.95 bits per heavy atom. The molecule has 1 aromatic rings. The van der Waals surface area contributed by atoms with E-state index in [1.165, 1.54) is 12.1 Å². The number of nitrogens with one attached hydrogen (secondary N) is 1. The van der Waals surface area contributed by atoms with Crippen LogP contribution >= 0.6 is 11.6 Å². The zero-order chi connectivity index (χ0) is 14.0. The van der Waals surface area contributed by atoms with E-state index in [-0.39, 0.29) is 22.3 Å². The van der Waals surface area contributed by atoms with Gasteiger partial charge in [-0.1, -0.05) is 11.6 Å². The Kier molecular flexibility index (Phi) is 4.08. The van der Waals surface area contributed by atoms with Crippen LogP contribution in [0.25, 0.3) is 0 Å². The summed E-state index contributed by atoms with van der Waals surface area (Å²) in [5.41, 5.74) is 0.529. The van der Waals surface area contributed by atoms with Crippen molar-refractivity contribution in [2.75, 3.05) is 6.61 Å². The zero-order valence-electron chi connectivity index (χ0n) is 11.0. The second-order valence-corrected chi connectivity index (χ2v) is 5.50. The van der Waals surface area contributed by atoms with Gasteiger partial charge in [-0.05, 0) is 32.4 Å². The number of ether oxygens (including phenoxy) is 1. The minimum Gasteiger partial charge on any atom is -0.377 e. The highest BCUT2D eigenvalue weighted by Gasteiger charge is 2.36. The number of nitrogens with zero attached hydrogens (tertiary/aromatic N) is 1. The average molecular weight is 285 g/mol. The Morgan fingerprint density at radius 1 is 1.63 bits per heavy atom. The summed E-state index contributed by atoms with van der Waals surface area (Å²) in [5, 5.41) is 14.8. The third-order valence-electron chi connectivity index (χ3n) is 3.81. The lowest BCUT2D eigenvalue weighted by Crippen LogP contribution is -2.47. The molecule has 6 heteroatoms. The molecule has 0 saturated carbocycles. The number of nitro groups is 1. The van der Waals surface area contributed by atoms with Crippen LogP contribution in [-0.2, 0) is 11.3 Å².